The molecule has 5 nitrogen and oxygen atoms in total. The van der Waals surface area contributed by atoms with E-state index in [1.807, 2.05) is 24.3 Å². The molecule has 26 heavy (non-hydrogen) atoms. The van der Waals surface area contributed by atoms with E-state index in [2.05, 4.69) is 47.3 Å². The summed E-state index contributed by atoms with van der Waals surface area (Å²) < 4.78 is 0. The van der Waals surface area contributed by atoms with E-state index in [9.17, 15) is 4.79 Å². The minimum Gasteiger partial charge on any atom is -0.311 e. The molecule has 1 saturated heterocycles. The number of aromatic nitrogens is 2. The molecule has 1 amide bonds. The van der Waals surface area contributed by atoms with E-state index in [4.69, 9.17) is 0 Å². The Hall–Kier alpha value is -2.14. The van der Waals surface area contributed by atoms with Crippen LogP contribution in [0.5, 0.6) is 0 Å². The maximum Gasteiger partial charge on any atom is 0.225 e. The van der Waals surface area contributed by atoms with Gasteiger partial charge in [-0.05, 0) is 52.1 Å². The van der Waals surface area contributed by atoms with Crippen LogP contribution in [0.2, 0.25) is 0 Å². The normalized spacial score (nSPS) is 20.9. The lowest BCUT2D eigenvalue weighted by Gasteiger charge is -2.39. The number of aryl methyl sites for hydroxylation is 1. The summed E-state index contributed by atoms with van der Waals surface area (Å²) in [6.07, 6.45) is 5.29. The van der Waals surface area contributed by atoms with E-state index < -0.39 is 0 Å². The molecule has 0 saturated carbocycles. The van der Waals surface area contributed by atoms with Crippen LogP contribution in [-0.2, 0) is 4.79 Å². The van der Waals surface area contributed by atoms with Crippen LogP contribution < -0.4 is 5.32 Å². The number of anilines is 1. The molecule has 0 aliphatic carbocycles. The van der Waals surface area contributed by atoms with Gasteiger partial charge >= 0.3 is 0 Å². The quantitative estimate of drug-likeness (QED) is 0.810. The molecule has 140 valence electrons. The Morgan fingerprint density at radius 2 is 2.00 bits per heavy atom. The molecular formula is C21H30N4O. The van der Waals surface area contributed by atoms with Crippen LogP contribution >= 0.6 is 0 Å². The number of likely N-dealkylation sites (tertiary alicyclic amines) is 1. The number of carbonyl (C=O) groups excluding carboxylic acids is 1. The number of rotatable bonds is 6. The van der Waals surface area contributed by atoms with Crippen molar-refractivity contribution in [2.24, 2.45) is 0 Å². The summed E-state index contributed by atoms with van der Waals surface area (Å²) in [5.74, 6) is 0.704. The van der Waals surface area contributed by atoms with Crippen molar-refractivity contribution in [2.75, 3.05) is 11.9 Å². The van der Waals surface area contributed by atoms with Crippen LogP contribution in [0.3, 0.4) is 0 Å². The van der Waals surface area contributed by atoms with E-state index in [0.29, 0.717) is 24.3 Å². The largest absolute Gasteiger partial charge is 0.311 e. The predicted octanol–water partition coefficient (Wildman–Crippen LogP) is 4.37. The van der Waals surface area contributed by atoms with Crippen molar-refractivity contribution >= 4 is 11.7 Å². The van der Waals surface area contributed by atoms with Crippen LogP contribution in [0, 0.1) is 6.92 Å². The standard InChI is InChI=1S/C21H30N4O/c1-15-8-4-5-11-18(15)19-14-20(24-23-19)22-21(26)12-7-13-25-16(2)9-6-10-17(25)3/h4-5,8,11,14,16-17H,6-7,9-10,12-13H2,1-3H3,(H2,22,23,24,26)/t16-,17+. The smallest absolute Gasteiger partial charge is 0.225 e. The van der Waals surface area contributed by atoms with Crippen molar-refractivity contribution in [1.82, 2.24) is 15.1 Å². The summed E-state index contributed by atoms with van der Waals surface area (Å²) in [4.78, 5) is 14.8. The summed E-state index contributed by atoms with van der Waals surface area (Å²) in [7, 11) is 0. The van der Waals surface area contributed by atoms with Gasteiger partial charge in [0.05, 0.1) is 5.69 Å². The summed E-state index contributed by atoms with van der Waals surface area (Å²) >= 11 is 0. The number of aromatic amines is 1. The van der Waals surface area contributed by atoms with Crippen LogP contribution in [0.25, 0.3) is 11.3 Å². The van der Waals surface area contributed by atoms with Gasteiger partial charge in [-0.3, -0.25) is 14.8 Å². The van der Waals surface area contributed by atoms with Gasteiger partial charge in [-0.1, -0.05) is 30.7 Å². The number of piperidine rings is 1. The monoisotopic (exact) mass is 354 g/mol. The number of nitrogens with one attached hydrogen (secondary N) is 2. The van der Waals surface area contributed by atoms with Gasteiger partial charge in [0.15, 0.2) is 0 Å². The zero-order valence-corrected chi connectivity index (χ0v) is 16.1. The van der Waals surface area contributed by atoms with Crippen molar-refractivity contribution in [1.29, 1.82) is 0 Å². The second-order valence-electron chi connectivity index (χ2n) is 7.50. The average molecular weight is 354 g/mol. The van der Waals surface area contributed by atoms with Crippen molar-refractivity contribution < 1.29 is 4.79 Å². The van der Waals surface area contributed by atoms with Gasteiger partial charge in [0, 0.05) is 30.1 Å². The van der Waals surface area contributed by atoms with Crippen LogP contribution in [0.1, 0.15) is 51.5 Å². The predicted molar refractivity (Wildman–Crippen MR) is 106 cm³/mol. The van der Waals surface area contributed by atoms with Crippen molar-refractivity contribution in [3.63, 3.8) is 0 Å². The van der Waals surface area contributed by atoms with Gasteiger partial charge in [0.25, 0.3) is 0 Å². The fourth-order valence-corrected chi connectivity index (χ4v) is 3.93. The highest BCUT2D eigenvalue weighted by Gasteiger charge is 2.24. The third-order valence-electron chi connectivity index (χ3n) is 5.47. The first-order valence-electron chi connectivity index (χ1n) is 9.71. The number of carbonyl (C=O) groups is 1. The van der Waals surface area contributed by atoms with Gasteiger partial charge in [0.1, 0.15) is 5.82 Å². The average Bonchev–Trinajstić information content (AvgIpc) is 3.06. The van der Waals surface area contributed by atoms with E-state index in [-0.39, 0.29) is 5.91 Å². The Morgan fingerprint density at radius 1 is 1.27 bits per heavy atom. The van der Waals surface area contributed by atoms with Crippen LogP contribution in [0.15, 0.2) is 30.3 Å². The number of H-pyrrole nitrogens is 1. The maximum absolute atomic E-state index is 12.3. The van der Waals surface area contributed by atoms with E-state index >= 15 is 0 Å². The minimum atomic E-state index is 0.0438. The Bertz CT molecular complexity index is 729. The molecule has 2 heterocycles. The molecular weight excluding hydrogens is 324 g/mol. The van der Waals surface area contributed by atoms with Crippen LogP contribution in [0.4, 0.5) is 5.82 Å². The minimum absolute atomic E-state index is 0.0438. The van der Waals surface area contributed by atoms with Crippen molar-refractivity contribution in [2.45, 2.75) is 65.0 Å². The second kappa shape index (κ2) is 8.49. The van der Waals surface area contributed by atoms with E-state index in [1.54, 1.807) is 0 Å². The maximum atomic E-state index is 12.3. The number of nitrogens with zero attached hydrogens (tertiary/aromatic N) is 2. The zero-order valence-electron chi connectivity index (χ0n) is 16.1. The summed E-state index contributed by atoms with van der Waals surface area (Å²) in [6.45, 7) is 7.65. The topological polar surface area (TPSA) is 61.0 Å². The SMILES string of the molecule is Cc1ccccc1-c1cc(NC(=O)CCCN2[C@H](C)CCC[C@@H]2C)[nH]n1. The number of hydrogen-bond acceptors (Lipinski definition) is 3. The number of hydrogen-bond donors (Lipinski definition) is 2. The molecule has 1 fully saturated rings. The third-order valence-corrected chi connectivity index (χ3v) is 5.47. The fourth-order valence-electron chi connectivity index (χ4n) is 3.93. The Balaban J connectivity index is 1.49. The van der Waals surface area contributed by atoms with E-state index in [1.165, 1.54) is 24.8 Å². The highest BCUT2D eigenvalue weighted by molar-refractivity contribution is 5.90. The number of amides is 1. The van der Waals surface area contributed by atoms with Crippen molar-refractivity contribution in [3.8, 4) is 11.3 Å². The lowest BCUT2D eigenvalue weighted by molar-refractivity contribution is -0.116. The highest BCUT2D eigenvalue weighted by Crippen LogP contribution is 2.24. The third kappa shape index (κ3) is 4.52. The number of benzene rings is 1. The lowest BCUT2D eigenvalue weighted by atomic mass is 9.97. The highest BCUT2D eigenvalue weighted by atomic mass is 16.1. The van der Waals surface area contributed by atoms with Crippen LogP contribution in [-0.4, -0.2) is 39.6 Å². The Kier molecular flexibility index (Phi) is 6.09. The fraction of sp³-hybridized carbons (Fsp3) is 0.524. The molecule has 0 radical (unpaired) electrons. The summed E-state index contributed by atoms with van der Waals surface area (Å²) in [5.41, 5.74) is 3.10. The molecule has 5 heteroatoms. The van der Waals surface area contributed by atoms with Crippen molar-refractivity contribution in [3.05, 3.63) is 35.9 Å². The van der Waals surface area contributed by atoms with Gasteiger partial charge < -0.3 is 5.32 Å². The Labute approximate surface area is 156 Å². The molecule has 2 aromatic rings. The molecule has 3 rings (SSSR count). The molecule has 1 aliphatic rings. The van der Waals surface area contributed by atoms with Gasteiger partial charge in [-0.15, -0.1) is 0 Å². The van der Waals surface area contributed by atoms with Gasteiger partial charge in [-0.25, -0.2) is 0 Å². The first kappa shape index (κ1) is 18.6. The zero-order chi connectivity index (χ0) is 18.5. The molecule has 2 N–H and O–H groups in total. The summed E-state index contributed by atoms with van der Waals surface area (Å²) in [5, 5.41) is 10.2. The molecule has 0 spiro atoms. The van der Waals surface area contributed by atoms with Gasteiger partial charge in [0.2, 0.25) is 5.91 Å². The second-order valence-corrected chi connectivity index (χ2v) is 7.50. The van der Waals surface area contributed by atoms with E-state index in [0.717, 1.165) is 24.2 Å². The molecule has 1 aromatic heterocycles. The molecule has 0 bridgehead atoms. The molecule has 2 atom stereocenters. The van der Waals surface area contributed by atoms with Gasteiger partial charge in [-0.2, -0.15) is 5.10 Å². The Morgan fingerprint density at radius 3 is 2.73 bits per heavy atom. The lowest BCUT2D eigenvalue weighted by Crippen LogP contribution is -2.44. The first-order valence-corrected chi connectivity index (χ1v) is 9.71. The molecule has 1 aromatic carbocycles. The molecule has 1 aliphatic heterocycles. The first-order chi connectivity index (χ1) is 12.5. The molecule has 0 unspecified atom stereocenters. The summed E-state index contributed by atoms with van der Waals surface area (Å²) in [6, 6.07) is 11.3.